The highest BCUT2D eigenvalue weighted by Gasteiger charge is 2.27. The number of hydrogen-bond donors (Lipinski definition) is 0. The van der Waals surface area contributed by atoms with Crippen LogP contribution in [0.2, 0.25) is 0 Å². The maximum Gasteiger partial charge on any atom is 0.259 e. The van der Waals surface area contributed by atoms with Crippen LogP contribution in [0.15, 0.2) is 78.9 Å². The van der Waals surface area contributed by atoms with Crippen LogP contribution in [0.4, 0.5) is 5.69 Å². The van der Waals surface area contributed by atoms with Crippen molar-refractivity contribution in [3.63, 3.8) is 0 Å². The van der Waals surface area contributed by atoms with Gasteiger partial charge < -0.3 is 4.90 Å². The van der Waals surface area contributed by atoms with Gasteiger partial charge in [0.1, 0.15) is 0 Å². The van der Waals surface area contributed by atoms with Crippen LogP contribution in [0.1, 0.15) is 31.8 Å². The van der Waals surface area contributed by atoms with Crippen LogP contribution in [0.5, 0.6) is 0 Å². The highest BCUT2D eigenvalue weighted by atomic mass is 16.2. The maximum absolute atomic E-state index is 13.1. The Bertz CT molecular complexity index is 947. The standard InChI is InChI=1S/C22H17NO2/c24-21(17-9-2-1-3-10-17)18-11-5-6-12-19(18)22(25)23-15-14-16-8-4-7-13-20(16)23/h1-13H,14-15H2. The fraction of sp³-hybridized carbons (Fsp3) is 0.0909. The lowest BCUT2D eigenvalue weighted by molar-refractivity contribution is 0.0973. The van der Waals surface area contributed by atoms with E-state index in [9.17, 15) is 9.59 Å². The fourth-order valence-electron chi connectivity index (χ4n) is 3.31. The summed E-state index contributed by atoms with van der Waals surface area (Å²) in [4.78, 5) is 27.8. The largest absolute Gasteiger partial charge is 0.308 e. The van der Waals surface area contributed by atoms with E-state index in [4.69, 9.17) is 0 Å². The minimum atomic E-state index is -0.128. The summed E-state index contributed by atoms with van der Waals surface area (Å²) in [7, 11) is 0. The molecule has 0 atom stereocenters. The Morgan fingerprint density at radius 1 is 0.720 bits per heavy atom. The summed E-state index contributed by atoms with van der Waals surface area (Å²) < 4.78 is 0. The van der Waals surface area contributed by atoms with Gasteiger partial charge in [-0.1, -0.05) is 66.7 Å². The van der Waals surface area contributed by atoms with E-state index in [1.54, 1.807) is 41.3 Å². The molecular weight excluding hydrogens is 310 g/mol. The molecule has 1 heterocycles. The first-order chi connectivity index (χ1) is 12.3. The molecule has 3 nitrogen and oxygen atoms in total. The number of nitrogens with zero attached hydrogens (tertiary/aromatic N) is 1. The van der Waals surface area contributed by atoms with Gasteiger partial charge in [0, 0.05) is 23.4 Å². The van der Waals surface area contributed by atoms with E-state index in [2.05, 4.69) is 0 Å². The van der Waals surface area contributed by atoms with E-state index in [1.165, 1.54) is 5.56 Å². The molecule has 0 N–H and O–H groups in total. The van der Waals surface area contributed by atoms with E-state index < -0.39 is 0 Å². The Morgan fingerprint density at radius 3 is 2.16 bits per heavy atom. The molecule has 0 bridgehead atoms. The Hall–Kier alpha value is -3.20. The predicted octanol–water partition coefficient (Wildman–Crippen LogP) is 4.12. The van der Waals surface area contributed by atoms with Crippen LogP contribution >= 0.6 is 0 Å². The maximum atomic E-state index is 13.1. The van der Waals surface area contributed by atoms with Gasteiger partial charge in [0.05, 0.1) is 5.56 Å². The summed E-state index contributed by atoms with van der Waals surface area (Å²) >= 11 is 0. The molecule has 4 rings (SSSR count). The number of anilines is 1. The van der Waals surface area contributed by atoms with Crippen LogP contribution in [0.25, 0.3) is 0 Å². The van der Waals surface area contributed by atoms with Crippen LogP contribution < -0.4 is 4.90 Å². The van der Waals surface area contributed by atoms with Gasteiger partial charge in [-0.3, -0.25) is 9.59 Å². The second kappa shape index (κ2) is 6.36. The van der Waals surface area contributed by atoms with Crippen molar-refractivity contribution < 1.29 is 9.59 Å². The molecule has 0 saturated heterocycles. The average Bonchev–Trinajstić information content (AvgIpc) is 3.12. The summed E-state index contributed by atoms with van der Waals surface area (Å²) in [6.45, 7) is 0.645. The smallest absolute Gasteiger partial charge is 0.259 e. The van der Waals surface area contributed by atoms with Crippen LogP contribution in [-0.2, 0) is 6.42 Å². The topological polar surface area (TPSA) is 37.4 Å². The minimum Gasteiger partial charge on any atom is -0.308 e. The molecule has 0 spiro atoms. The van der Waals surface area contributed by atoms with Crippen molar-refractivity contribution in [2.24, 2.45) is 0 Å². The molecule has 0 aliphatic carbocycles. The molecule has 3 heteroatoms. The summed E-state index contributed by atoms with van der Waals surface area (Å²) in [5.74, 6) is -0.248. The van der Waals surface area contributed by atoms with E-state index in [0.717, 1.165) is 12.1 Å². The molecule has 3 aromatic carbocycles. The number of hydrogen-bond acceptors (Lipinski definition) is 2. The average molecular weight is 327 g/mol. The van der Waals surface area contributed by atoms with Crippen LogP contribution in [0.3, 0.4) is 0 Å². The highest BCUT2D eigenvalue weighted by molar-refractivity contribution is 6.18. The zero-order chi connectivity index (χ0) is 17.2. The number of fused-ring (bicyclic) bond motifs is 1. The summed E-state index contributed by atoms with van der Waals surface area (Å²) in [5.41, 5.74) is 3.60. The van der Waals surface area contributed by atoms with Gasteiger partial charge >= 0.3 is 0 Å². The molecule has 0 unspecified atom stereocenters. The summed E-state index contributed by atoms with van der Waals surface area (Å²) in [6, 6.07) is 24.1. The molecule has 25 heavy (non-hydrogen) atoms. The molecule has 0 saturated carbocycles. The first-order valence-electron chi connectivity index (χ1n) is 8.34. The van der Waals surface area contributed by atoms with Gasteiger partial charge in [-0.25, -0.2) is 0 Å². The SMILES string of the molecule is O=C(c1ccccc1)c1ccccc1C(=O)N1CCc2ccccc21. The number of ketones is 1. The quantitative estimate of drug-likeness (QED) is 0.679. The molecule has 0 aromatic heterocycles. The minimum absolute atomic E-state index is 0.121. The third-order valence-electron chi connectivity index (χ3n) is 4.57. The summed E-state index contributed by atoms with van der Waals surface area (Å²) in [5, 5.41) is 0. The second-order valence-corrected chi connectivity index (χ2v) is 6.08. The third-order valence-corrected chi connectivity index (χ3v) is 4.57. The van der Waals surface area contributed by atoms with Crippen molar-refractivity contribution in [3.8, 4) is 0 Å². The zero-order valence-corrected chi connectivity index (χ0v) is 13.7. The lowest BCUT2D eigenvalue weighted by Crippen LogP contribution is -2.30. The molecule has 3 aromatic rings. The van der Waals surface area contributed by atoms with E-state index in [1.807, 2.05) is 42.5 Å². The molecule has 0 fully saturated rings. The molecule has 1 amide bonds. The fourth-order valence-corrected chi connectivity index (χ4v) is 3.31. The number of benzene rings is 3. The zero-order valence-electron chi connectivity index (χ0n) is 13.7. The van der Waals surface area contributed by atoms with Gasteiger partial charge in [0.15, 0.2) is 5.78 Å². The number of carbonyl (C=O) groups is 2. The Kier molecular flexibility index (Phi) is 3.90. The Labute approximate surface area is 146 Å². The number of rotatable bonds is 3. The monoisotopic (exact) mass is 327 g/mol. The normalized spacial score (nSPS) is 12.7. The number of amides is 1. The van der Waals surface area contributed by atoms with Crippen molar-refractivity contribution in [3.05, 3.63) is 101 Å². The first kappa shape index (κ1) is 15.3. The summed E-state index contributed by atoms with van der Waals surface area (Å²) in [6.07, 6.45) is 0.844. The Morgan fingerprint density at radius 2 is 1.36 bits per heavy atom. The molecular formula is C22H17NO2. The molecule has 1 aliphatic rings. The van der Waals surface area contributed by atoms with Crippen molar-refractivity contribution in [2.75, 3.05) is 11.4 Å². The third kappa shape index (κ3) is 2.74. The van der Waals surface area contributed by atoms with Crippen molar-refractivity contribution >= 4 is 17.4 Å². The van der Waals surface area contributed by atoms with Gasteiger partial charge in [-0.15, -0.1) is 0 Å². The number of para-hydroxylation sites is 1. The van der Waals surface area contributed by atoms with E-state index in [-0.39, 0.29) is 11.7 Å². The van der Waals surface area contributed by atoms with Gasteiger partial charge in [-0.2, -0.15) is 0 Å². The molecule has 0 radical (unpaired) electrons. The number of carbonyl (C=O) groups excluding carboxylic acids is 2. The predicted molar refractivity (Wildman–Crippen MR) is 98.1 cm³/mol. The van der Waals surface area contributed by atoms with Crippen molar-refractivity contribution in [1.82, 2.24) is 0 Å². The van der Waals surface area contributed by atoms with Crippen LogP contribution in [-0.4, -0.2) is 18.2 Å². The highest BCUT2D eigenvalue weighted by Crippen LogP contribution is 2.29. The van der Waals surface area contributed by atoms with Crippen molar-refractivity contribution in [1.29, 1.82) is 0 Å². The van der Waals surface area contributed by atoms with Crippen molar-refractivity contribution in [2.45, 2.75) is 6.42 Å². The molecule has 122 valence electrons. The van der Waals surface area contributed by atoms with Gasteiger partial charge in [0.25, 0.3) is 5.91 Å². The second-order valence-electron chi connectivity index (χ2n) is 6.08. The lowest BCUT2D eigenvalue weighted by Gasteiger charge is -2.19. The van der Waals surface area contributed by atoms with Gasteiger partial charge in [-0.05, 0) is 24.1 Å². The lowest BCUT2D eigenvalue weighted by atomic mass is 9.97. The van der Waals surface area contributed by atoms with E-state index in [0.29, 0.717) is 23.2 Å². The van der Waals surface area contributed by atoms with Crippen LogP contribution in [0, 0.1) is 0 Å². The molecule has 1 aliphatic heterocycles. The first-order valence-corrected chi connectivity index (χ1v) is 8.34. The van der Waals surface area contributed by atoms with E-state index >= 15 is 0 Å². The Balaban J connectivity index is 1.73. The van der Waals surface area contributed by atoms with Gasteiger partial charge in [0.2, 0.25) is 0 Å².